The topological polar surface area (TPSA) is 118 Å². The molecule has 0 bridgehead atoms. The Morgan fingerprint density at radius 1 is 0.938 bits per heavy atom. The van der Waals surface area contributed by atoms with Gasteiger partial charge in [-0.25, -0.2) is 0 Å². The number of nitro groups is 2. The van der Waals surface area contributed by atoms with Crippen molar-refractivity contribution in [3.8, 4) is 0 Å². The second-order valence-corrected chi connectivity index (χ2v) is 3.56. The van der Waals surface area contributed by atoms with Crippen LogP contribution < -0.4 is 0 Å². The van der Waals surface area contributed by atoms with Crippen LogP contribution in [0.3, 0.4) is 0 Å². The minimum Gasteiger partial charge on any atom is -0.412 e. The summed E-state index contributed by atoms with van der Waals surface area (Å²) in [6, 6.07) is 0.908. The molecule has 0 atom stereocenters. The van der Waals surface area contributed by atoms with E-state index in [1.54, 1.807) is 0 Å². The van der Waals surface area contributed by atoms with E-state index in [0.29, 0.717) is 0 Å². The molecule has 0 saturated carbocycles. The maximum atomic E-state index is 10.5. The molecule has 7 nitrogen and oxygen atoms in total. The van der Waals surface area contributed by atoms with E-state index in [-0.39, 0.29) is 15.5 Å². The Labute approximate surface area is 103 Å². The number of hydrogen-bond donors (Lipinski definition) is 0. The maximum absolute atomic E-state index is 10.5. The molecule has 0 fully saturated rings. The summed E-state index contributed by atoms with van der Waals surface area (Å²) in [7, 11) is 0. The molecule has 0 spiro atoms. The van der Waals surface area contributed by atoms with Crippen LogP contribution in [0.1, 0.15) is 0 Å². The van der Waals surface area contributed by atoms with Crippen molar-refractivity contribution < 1.29 is 15.3 Å². The molecule has 1 aromatic rings. The summed E-state index contributed by atoms with van der Waals surface area (Å²) >= 11 is 16.4. The van der Waals surface area contributed by atoms with E-state index in [2.05, 4.69) is 0 Å². The molecule has 0 amide bonds. The van der Waals surface area contributed by atoms with Crippen LogP contribution in [0.2, 0.25) is 15.1 Å². The monoisotopic (exact) mass is 288 g/mol. The van der Waals surface area contributed by atoms with Crippen LogP contribution in [-0.2, 0) is 0 Å². The Morgan fingerprint density at radius 3 is 1.50 bits per heavy atom. The molecule has 2 N–H and O–H groups in total. The van der Waals surface area contributed by atoms with Gasteiger partial charge in [-0.3, -0.25) is 20.2 Å². The number of rotatable bonds is 2. The summed E-state index contributed by atoms with van der Waals surface area (Å²) < 4.78 is 0. The Hall–Kier alpha value is -1.15. The molecule has 0 radical (unpaired) electrons. The molecule has 0 unspecified atom stereocenters. The van der Waals surface area contributed by atoms with Gasteiger partial charge in [-0.1, -0.05) is 34.8 Å². The zero-order chi connectivity index (χ0) is 11.7. The van der Waals surface area contributed by atoms with Crippen molar-refractivity contribution >= 4 is 46.2 Å². The molecule has 1 aromatic carbocycles. The van der Waals surface area contributed by atoms with E-state index in [0.717, 1.165) is 6.07 Å². The van der Waals surface area contributed by atoms with E-state index in [1.165, 1.54) is 0 Å². The predicted octanol–water partition coefficient (Wildman–Crippen LogP) is 2.64. The molecule has 88 valence electrons. The summed E-state index contributed by atoms with van der Waals surface area (Å²) in [6.07, 6.45) is 0. The summed E-state index contributed by atoms with van der Waals surface area (Å²) in [5, 5.41) is 19.6. The van der Waals surface area contributed by atoms with E-state index >= 15 is 0 Å². The van der Waals surface area contributed by atoms with Gasteiger partial charge in [0.2, 0.25) is 0 Å². The number of benzene rings is 1. The fraction of sp³-hybridized carbons (Fsp3) is 0. The van der Waals surface area contributed by atoms with Crippen molar-refractivity contribution in [2.45, 2.75) is 0 Å². The third-order valence-electron chi connectivity index (χ3n) is 1.49. The van der Waals surface area contributed by atoms with Gasteiger partial charge < -0.3 is 5.48 Å². The minimum atomic E-state index is -0.909. The molecule has 0 saturated heterocycles. The minimum absolute atomic E-state index is 0. The summed E-state index contributed by atoms with van der Waals surface area (Å²) in [5.74, 6) is 0. The first-order valence-electron chi connectivity index (χ1n) is 3.32. The molecular formula is C6H3Cl3N2O5. The average Bonchev–Trinajstić information content (AvgIpc) is 1.99. The molecule has 10 heteroatoms. The van der Waals surface area contributed by atoms with Crippen LogP contribution in [0.4, 0.5) is 11.4 Å². The van der Waals surface area contributed by atoms with Crippen LogP contribution in [0.5, 0.6) is 0 Å². The van der Waals surface area contributed by atoms with E-state index in [4.69, 9.17) is 34.8 Å². The van der Waals surface area contributed by atoms with Crippen molar-refractivity contribution in [1.29, 1.82) is 0 Å². The normalized spacial score (nSPS) is 9.44. The molecule has 16 heavy (non-hydrogen) atoms. The van der Waals surface area contributed by atoms with Crippen LogP contribution in [0.25, 0.3) is 0 Å². The lowest BCUT2D eigenvalue weighted by Gasteiger charge is -2.01. The highest BCUT2D eigenvalue weighted by Gasteiger charge is 2.30. The van der Waals surface area contributed by atoms with Crippen LogP contribution in [0, 0.1) is 20.2 Å². The highest BCUT2D eigenvalue weighted by Crippen LogP contribution is 2.43. The Kier molecular flexibility index (Phi) is 4.88. The lowest BCUT2D eigenvalue weighted by atomic mass is 10.3. The van der Waals surface area contributed by atoms with Crippen molar-refractivity contribution in [1.82, 2.24) is 0 Å². The third-order valence-corrected chi connectivity index (χ3v) is 2.42. The van der Waals surface area contributed by atoms with Gasteiger partial charge >= 0.3 is 11.4 Å². The van der Waals surface area contributed by atoms with Crippen molar-refractivity contribution in [3.05, 3.63) is 41.4 Å². The second-order valence-electron chi connectivity index (χ2n) is 2.37. The quantitative estimate of drug-likeness (QED) is 0.614. The molecule has 0 aliphatic rings. The smallest absolute Gasteiger partial charge is 0.313 e. The zero-order valence-corrected chi connectivity index (χ0v) is 9.51. The first-order chi connectivity index (χ1) is 6.86. The molecule has 1 rings (SSSR count). The van der Waals surface area contributed by atoms with E-state index in [1.807, 2.05) is 0 Å². The lowest BCUT2D eigenvalue weighted by molar-refractivity contribution is -0.393. The van der Waals surface area contributed by atoms with Gasteiger partial charge in [0.1, 0.15) is 10.0 Å². The summed E-state index contributed by atoms with van der Waals surface area (Å²) in [6.45, 7) is 0. The fourth-order valence-electron chi connectivity index (χ4n) is 0.905. The fourth-order valence-corrected chi connectivity index (χ4v) is 1.94. The number of nitrogens with zero attached hydrogens (tertiary/aromatic N) is 2. The first kappa shape index (κ1) is 14.8. The van der Waals surface area contributed by atoms with E-state index in [9.17, 15) is 20.2 Å². The molecule has 0 aliphatic heterocycles. The van der Waals surface area contributed by atoms with E-state index < -0.39 is 26.2 Å². The van der Waals surface area contributed by atoms with Gasteiger partial charge in [0.05, 0.1) is 9.85 Å². The Bertz CT molecular complexity index is 426. The first-order valence-corrected chi connectivity index (χ1v) is 4.46. The highest BCUT2D eigenvalue weighted by atomic mass is 35.5. The lowest BCUT2D eigenvalue weighted by Crippen LogP contribution is -1.96. The highest BCUT2D eigenvalue weighted by molar-refractivity contribution is 6.43. The van der Waals surface area contributed by atoms with Crippen molar-refractivity contribution in [2.24, 2.45) is 0 Å². The van der Waals surface area contributed by atoms with Gasteiger partial charge in [0, 0.05) is 0 Å². The summed E-state index contributed by atoms with van der Waals surface area (Å²) in [4.78, 5) is 19.2. The van der Waals surface area contributed by atoms with Gasteiger partial charge in [0.15, 0.2) is 5.02 Å². The average molecular weight is 289 g/mol. The van der Waals surface area contributed by atoms with Gasteiger partial charge in [-0.15, -0.1) is 0 Å². The molecular weight excluding hydrogens is 286 g/mol. The number of hydrogen-bond acceptors (Lipinski definition) is 4. The summed E-state index contributed by atoms with van der Waals surface area (Å²) in [5.41, 5.74) is -1.45. The Morgan fingerprint density at radius 2 is 1.25 bits per heavy atom. The SMILES string of the molecule is O.O=[N+]([O-])c1c(Cl)cc(Cl)c([N+](=O)[O-])c1Cl. The van der Waals surface area contributed by atoms with Crippen molar-refractivity contribution in [2.75, 3.05) is 0 Å². The predicted molar refractivity (Wildman–Crippen MR) is 58.4 cm³/mol. The van der Waals surface area contributed by atoms with Crippen LogP contribution in [0.15, 0.2) is 6.07 Å². The van der Waals surface area contributed by atoms with Gasteiger partial charge in [0.25, 0.3) is 0 Å². The van der Waals surface area contributed by atoms with Gasteiger partial charge in [-0.2, -0.15) is 0 Å². The molecule has 0 aliphatic carbocycles. The van der Waals surface area contributed by atoms with Crippen LogP contribution in [-0.4, -0.2) is 15.3 Å². The molecule has 0 aromatic heterocycles. The standard InChI is InChI=1S/C6HCl3N2O4.H2O/c7-2-1-3(8)6(11(14)15)4(9)5(2)10(12)13;/h1H;1H2. The largest absolute Gasteiger partial charge is 0.412 e. The third kappa shape index (κ3) is 2.50. The Balaban J connectivity index is 0.00000225. The van der Waals surface area contributed by atoms with Crippen LogP contribution >= 0.6 is 34.8 Å². The van der Waals surface area contributed by atoms with Crippen molar-refractivity contribution in [3.63, 3.8) is 0 Å². The number of halogens is 3. The number of nitro benzene ring substituents is 2. The molecule has 0 heterocycles. The van der Waals surface area contributed by atoms with Gasteiger partial charge in [-0.05, 0) is 6.07 Å². The maximum Gasteiger partial charge on any atom is 0.313 e. The second kappa shape index (κ2) is 5.26. The zero-order valence-electron chi connectivity index (χ0n) is 7.24.